The molecule has 0 aliphatic carbocycles. The zero-order valence-electron chi connectivity index (χ0n) is 17.4. The van der Waals surface area contributed by atoms with Crippen LogP contribution >= 0.6 is 11.6 Å². The van der Waals surface area contributed by atoms with Gasteiger partial charge in [0.25, 0.3) is 5.69 Å². The van der Waals surface area contributed by atoms with E-state index in [-0.39, 0.29) is 11.6 Å². The van der Waals surface area contributed by atoms with Gasteiger partial charge in [0.15, 0.2) is 0 Å². The van der Waals surface area contributed by atoms with Crippen molar-refractivity contribution in [2.45, 2.75) is 26.1 Å². The summed E-state index contributed by atoms with van der Waals surface area (Å²) in [5.41, 5.74) is -0.0271. The van der Waals surface area contributed by atoms with Gasteiger partial charge in [-0.15, -0.1) is 0 Å². The number of carbonyl (C=O) groups is 1. The monoisotopic (exact) mass is 470 g/mol. The molecule has 1 fully saturated rings. The highest BCUT2D eigenvalue weighted by Crippen LogP contribution is 2.36. The molecule has 0 radical (unpaired) electrons. The Bertz CT molecular complexity index is 1020. The Balaban J connectivity index is 1.67. The molecule has 2 aromatic carbocycles. The van der Waals surface area contributed by atoms with E-state index in [0.717, 1.165) is 17.7 Å². The summed E-state index contributed by atoms with van der Waals surface area (Å²) in [6.07, 6.45) is -4.66. The quantitative estimate of drug-likeness (QED) is 0.505. The summed E-state index contributed by atoms with van der Waals surface area (Å²) < 4.78 is 38.8. The van der Waals surface area contributed by atoms with Crippen molar-refractivity contribution in [2.75, 3.05) is 36.4 Å². The first kappa shape index (κ1) is 23.8. The zero-order chi connectivity index (χ0) is 23.6. The van der Waals surface area contributed by atoms with Gasteiger partial charge in [0, 0.05) is 43.0 Å². The Morgan fingerprint density at radius 2 is 1.81 bits per heavy atom. The van der Waals surface area contributed by atoms with Crippen LogP contribution in [-0.4, -0.2) is 48.0 Å². The number of anilines is 2. The van der Waals surface area contributed by atoms with Crippen molar-refractivity contribution < 1.29 is 22.9 Å². The Morgan fingerprint density at radius 1 is 1.16 bits per heavy atom. The van der Waals surface area contributed by atoms with E-state index >= 15 is 0 Å². The summed E-state index contributed by atoms with van der Waals surface area (Å²) in [6, 6.07) is 7.27. The fraction of sp³-hybridized carbons (Fsp3) is 0.381. The Hall–Kier alpha value is -2.85. The highest BCUT2D eigenvalue weighted by atomic mass is 35.5. The van der Waals surface area contributed by atoms with Gasteiger partial charge in [-0.1, -0.05) is 17.7 Å². The van der Waals surface area contributed by atoms with Gasteiger partial charge < -0.3 is 10.2 Å². The lowest BCUT2D eigenvalue weighted by Crippen LogP contribution is -2.53. The number of hydrogen-bond acceptors (Lipinski definition) is 5. The summed E-state index contributed by atoms with van der Waals surface area (Å²) in [7, 11) is 0. The third-order valence-electron chi connectivity index (χ3n) is 5.54. The number of rotatable bonds is 5. The van der Waals surface area contributed by atoms with E-state index < -0.39 is 28.4 Å². The predicted molar refractivity (Wildman–Crippen MR) is 116 cm³/mol. The van der Waals surface area contributed by atoms with Crippen molar-refractivity contribution in [3.8, 4) is 0 Å². The minimum Gasteiger partial charge on any atom is -0.363 e. The van der Waals surface area contributed by atoms with Crippen LogP contribution in [0.4, 0.5) is 30.2 Å². The summed E-state index contributed by atoms with van der Waals surface area (Å²) in [6.45, 7) is 5.11. The fourth-order valence-corrected chi connectivity index (χ4v) is 3.77. The molecule has 1 unspecified atom stereocenters. The third-order valence-corrected chi connectivity index (χ3v) is 5.77. The molecule has 7 nitrogen and oxygen atoms in total. The van der Waals surface area contributed by atoms with Crippen LogP contribution in [0.5, 0.6) is 0 Å². The van der Waals surface area contributed by atoms with E-state index in [9.17, 15) is 28.1 Å². The van der Waals surface area contributed by atoms with Crippen molar-refractivity contribution in [2.24, 2.45) is 0 Å². The molecule has 0 aromatic heterocycles. The van der Waals surface area contributed by atoms with Crippen LogP contribution in [0.15, 0.2) is 36.4 Å². The third kappa shape index (κ3) is 5.31. The second kappa shape index (κ2) is 9.33. The van der Waals surface area contributed by atoms with Crippen molar-refractivity contribution in [1.82, 2.24) is 4.90 Å². The van der Waals surface area contributed by atoms with Crippen LogP contribution in [0, 0.1) is 17.0 Å². The maximum absolute atomic E-state index is 12.9. The number of aryl methyl sites for hydroxylation is 1. The van der Waals surface area contributed by atoms with Gasteiger partial charge in [-0.3, -0.25) is 19.8 Å². The fourth-order valence-electron chi connectivity index (χ4n) is 3.60. The molecule has 11 heteroatoms. The molecule has 0 bridgehead atoms. The molecule has 1 atom stereocenters. The molecule has 3 rings (SSSR count). The van der Waals surface area contributed by atoms with Crippen LogP contribution in [0.1, 0.15) is 18.1 Å². The van der Waals surface area contributed by atoms with Crippen LogP contribution in [0.25, 0.3) is 0 Å². The maximum Gasteiger partial charge on any atom is 0.416 e. The lowest BCUT2D eigenvalue weighted by molar-refractivity contribution is -0.384. The number of benzene rings is 2. The molecule has 32 heavy (non-hydrogen) atoms. The molecule has 1 N–H and O–H groups in total. The van der Waals surface area contributed by atoms with Crippen molar-refractivity contribution in [1.29, 1.82) is 0 Å². The molecule has 1 aliphatic rings. The van der Waals surface area contributed by atoms with Gasteiger partial charge in [0.05, 0.1) is 16.5 Å². The van der Waals surface area contributed by atoms with Crippen molar-refractivity contribution >= 4 is 34.6 Å². The number of hydrogen-bond donors (Lipinski definition) is 1. The average molecular weight is 471 g/mol. The van der Waals surface area contributed by atoms with Crippen molar-refractivity contribution in [3.63, 3.8) is 0 Å². The number of carbonyl (C=O) groups excluding carboxylic acids is 1. The van der Waals surface area contributed by atoms with Crippen LogP contribution in [0.3, 0.4) is 0 Å². The molecule has 1 heterocycles. The highest BCUT2D eigenvalue weighted by Gasteiger charge is 2.34. The summed E-state index contributed by atoms with van der Waals surface area (Å²) >= 11 is 5.99. The van der Waals surface area contributed by atoms with E-state index in [2.05, 4.69) is 5.32 Å². The molecular formula is C21H22ClF3N4O3. The van der Waals surface area contributed by atoms with Gasteiger partial charge in [0.2, 0.25) is 5.91 Å². The molecule has 0 saturated carbocycles. The van der Waals surface area contributed by atoms with Gasteiger partial charge in [-0.05, 0) is 43.7 Å². The number of nitrogens with zero attached hydrogens (tertiary/aromatic N) is 3. The average Bonchev–Trinajstić information content (AvgIpc) is 2.74. The lowest BCUT2D eigenvalue weighted by Gasteiger charge is -2.38. The van der Waals surface area contributed by atoms with Gasteiger partial charge in [-0.25, -0.2) is 0 Å². The predicted octanol–water partition coefficient (Wildman–Crippen LogP) is 4.72. The standard InChI is InChI=1S/C21H22ClF3N4O3/c1-13-3-5-16(22)12-17(13)26-20(30)14(2)27-7-9-28(10-8-27)18-6-4-15(21(23,24)25)11-19(18)29(31)32/h3-6,11-12,14H,7-10H2,1-2H3,(H,26,30). The smallest absolute Gasteiger partial charge is 0.363 e. The SMILES string of the molecule is Cc1ccc(Cl)cc1NC(=O)C(C)N1CCN(c2ccc(C(F)(F)F)cc2[N+](=O)[O-])CC1. The molecule has 1 aliphatic heterocycles. The minimum atomic E-state index is -4.66. The second-order valence-electron chi connectivity index (χ2n) is 7.61. The van der Waals surface area contributed by atoms with Crippen molar-refractivity contribution in [3.05, 3.63) is 62.7 Å². The Kier molecular flexibility index (Phi) is 6.94. The van der Waals surface area contributed by atoms with E-state index in [4.69, 9.17) is 11.6 Å². The second-order valence-corrected chi connectivity index (χ2v) is 8.04. The van der Waals surface area contributed by atoms with Gasteiger partial charge in [-0.2, -0.15) is 13.2 Å². The molecular weight excluding hydrogens is 449 g/mol. The number of nitrogens with one attached hydrogen (secondary N) is 1. The number of piperazine rings is 1. The Morgan fingerprint density at radius 3 is 2.41 bits per heavy atom. The minimum absolute atomic E-state index is 0.134. The molecule has 0 spiro atoms. The molecule has 1 saturated heterocycles. The number of nitro groups is 1. The van der Waals surface area contributed by atoms with E-state index in [1.807, 2.05) is 11.8 Å². The summed E-state index contributed by atoms with van der Waals surface area (Å²) in [4.78, 5) is 26.8. The lowest BCUT2D eigenvalue weighted by atomic mass is 10.1. The first-order valence-corrected chi connectivity index (χ1v) is 10.3. The Labute approximate surface area is 187 Å². The van der Waals surface area contributed by atoms with E-state index in [1.54, 1.807) is 30.0 Å². The number of amides is 1. The summed E-state index contributed by atoms with van der Waals surface area (Å²) in [5.74, 6) is -0.218. The van der Waals surface area contributed by atoms with Crippen LogP contribution in [-0.2, 0) is 11.0 Å². The number of nitro benzene ring substituents is 1. The van der Waals surface area contributed by atoms with Gasteiger partial charge >= 0.3 is 6.18 Å². The normalized spacial score (nSPS) is 16.0. The molecule has 172 valence electrons. The number of halogens is 4. The van der Waals surface area contributed by atoms with E-state index in [1.165, 1.54) is 0 Å². The zero-order valence-corrected chi connectivity index (χ0v) is 18.2. The van der Waals surface area contributed by atoms with E-state index in [0.29, 0.717) is 43.0 Å². The summed E-state index contributed by atoms with van der Waals surface area (Å²) in [5, 5.41) is 14.7. The number of alkyl halides is 3. The van der Waals surface area contributed by atoms with Gasteiger partial charge in [0.1, 0.15) is 5.69 Å². The largest absolute Gasteiger partial charge is 0.416 e. The first-order valence-electron chi connectivity index (χ1n) is 9.89. The molecule has 2 aromatic rings. The highest BCUT2D eigenvalue weighted by molar-refractivity contribution is 6.31. The van der Waals surface area contributed by atoms with Crippen LogP contribution in [0.2, 0.25) is 5.02 Å². The maximum atomic E-state index is 12.9. The first-order chi connectivity index (χ1) is 15.0. The van der Waals surface area contributed by atoms with Crippen LogP contribution < -0.4 is 10.2 Å². The topological polar surface area (TPSA) is 78.7 Å². The molecule has 1 amide bonds.